The lowest BCUT2D eigenvalue weighted by molar-refractivity contribution is -0.124. The summed E-state index contributed by atoms with van der Waals surface area (Å²) in [6, 6.07) is 2.83. The van der Waals surface area contributed by atoms with Crippen LogP contribution in [0.3, 0.4) is 0 Å². The second-order valence-electron chi connectivity index (χ2n) is 6.40. The van der Waals surface area contributed by atoms with Gasteiger partial charge in [-0.3, -0.25) is 9.69 Å². The third-order valence-corrected chi connectivity index (χ3v) is 4.73. The van der Waals surface area contributed by atoms with E-state index < -0.39 is 5.54 Å². The Balaban J connectivity index is 1.89. The molecule has 0 atom stereocenters. The SMILES string of the molecule is CCCN(CC(=O)NC1(C#N)CCCC1)C1CCNCC1. The summed E-state index contributed by atoms with van der Waals surface area (Å²) in [5.41, 5.74) is -0.594. The van der Waals surface area contributed by atoms with E-state index in [1.165, 1.54) is 0 Å². The van der Waals surface area contributed by atoms with Crippen molar-refractivity contribution in [3.63, 3.8) is 0 Å². The van der Waals surface area contributed by atoms with Crippen molar-refractivity contribution < 1.29 is 4.79 Å². The van der Waals surface area contributed by atoms with Gasteiger partial charge in [0.1, 0.15) is 5.54 Å². The van der Waals surface area contributed by atoms with Crippen LogP contribution in [0, 0.1) is 11.3 Å². The number of rotatable bonds is 6. The molecule has 0 aromatic carbocycles. The molecule has 0 aromatic heterocycles. The minimum absolute atomic E-state index is 0.0189. The van der Waals surface area contributed by atoms with Crippen LogP contribution < -0.4 is 10.6 Å². The third kappa shape index (κ3) is 4.42. The molecular weight excluding hydrogens is 264 g/mol. The summed E-state index contributed by atoms with van der Waals surface area (Å²) in [6.45, 7) is 5.61. The van der Waals surface area contributed by atoms with E-state index in [2.05, 4.69) is 28.5 Å². The number of piperidine rings is 1. The molecule has 2 N–H and O–H groups in total. The predicted octanol–water partition coefficient (Wildman–Crippen LogP) is 1.40. The molecule has 2 fully saturated rings. The lowest BCUT2D eigenvalue weighted by Crippen LogP contribution is -2.52. The average Bonchev–Trinajstić information content (AvgIpc) is 2.97. The van der Waals surface area contributed by atoms with E-state index in [0.29, 0.717) is 12.6 Å². The first kappa shape index (κ1) is 16.3. The number of nitriles is 1. The lowest BCUT2D eigenvalue weighted by Gasteiger charge is -2.34. The van der Waals surface area contributed by atoms with Crippen LogP contribution in [0.25, 0.3) is 0 Å². The van der Waals surface area contributed by atoms with E-state index in [1.807, 2.05) is 0 Å². The minimum Gasteiger partial charge on any atom is -0.337 e. The van der Waals surface area contributed by atoms with Crippen molar-refractivity contribution in [3.8, 4) is 6.07 Å². The summed E-state index contributed by atoms with van der Waals surface area (Å²) in [6.07, 6.45) is 6.96. The zero-order valence-electron chi connectivity index (χ0n) is 13.2. The van der Waals surface area contributed by atoms with Crippen LogP contribution in [0.5, 0.6) is 0 Å². The standard InChI is InChI=1S/C16H28N4O/c1-2-11-20(14-5-9-18-10-6-14)12-15(21)19-16(13-17)7-3-4-8-16/h14,18H,2-12H2,1H3,(H,19,21). The van der Waals surface area contributed by atoms with Crippen molar-refractivity contribution in [2.24, 2.45) is 0 Å². The van der Waals surface area contributed by atoms with Gasteiger partial charge in [0.25, 0.3) is 0 Å². The lowest BCUT2D eigenvalue weighted by atomic mass is 9.99. The smallest absolute Gasteiger partial charge is 0.235 e. The molecule has 1 aliphatic heterocycles. The fourth-order valence-corrected chi connectivity index (χ4v) is 3.58. The Labute approximate surface area is 128 Å². The van der Waals surface area contributed by atoms with Crippen LogP contribution in [0.1, 0.15) is 51.9 Å². The van der Waals surface area contributed by atoms with Crippen molar-refractivity contribution in [3.05, 3.63) is 0 Å². The number of nitrogens with one attached hydrogen (secondary N) is 2. The number of carbonyl (C=O) groups is 1. The van der Waals surface area contributed by atoms with Crippen LogP contribution in [0.2, 0.25) is 0 Å². The fraction of sp³-hybridized carbons (Fsp3) is 0.875. The van der Waals surface area contributed by atoms with Gasteiger partial charge in [0.15, 0.2) is 0 Å². The second kappa shape index (κ2) is 7.77. The molecule has 0 bridgehead atoms. The highest BCUT2D eigenvalue weighted by molar-refractivity contribution is 5.79. The summed E-state index contributed by atoms with van der Waals surface area (Å²) in [7, 11) is 0. The topological polar surface area (TPSA) is 68.2 Å². The maximum absolute atomic E-state index is 12.4. The zero-order valence-corrected chi connectivity index (χ0v) is 13.2. The first-order chi connectivity index (χ1) is 10.2. The summed E-state index contributed by atoms with van der Waals surface area (Å²) < 4.78 is 0. The van der Waals surface area contributed by atoms with E-state index in [4.69, 9.17) is 0 Å². The third-order valence-electron chi connectivity index (χ3n) is 4.73. The van der Waals surface area contributed by atoms with E-state index in [0.717, 1.165) is 64.6 Å². The molecule has 21 heavy (non-hydrogen) atoms. The zero-order chi connectivity index (χ0) is 15.1. The number of nitrogens with zero attached hydrogens (tertiary/aromatic N) is 2. The van der Waals surface area contributed by atoms with Gasteiger partial charge in [-0.1, -0.05) is 6.92 Å². The van der Waals surface area contributed by atoms with Crippen molar-refractivity contribution in [2.75, 3.05) is 26.2 Å². The number of hydrogen-bond acceptors (Lipinski definition) is 4. The molecular formula is C16H28N4O. The van der Waals surface area contributed by atoms with Crippen LogP contribution in [0.4, 0.5) is 0 Å². The van der Waals surface area contributed by atoms with Crippen molar-refractivity contribution in [1.29, 1.82) is 5.26 Å². The number of hydrogen-bond donors (Lipinski definition) is 2. The monoisotopic (exact) mass is 292 g/mol. The summed E-state index contributed by atoms with van der Waals surface area (Å²) in [5, 5.41) is 15.7. The average molecular weight is 292 g/mol. The van der Waals surface area contributed by atoms with E-state index in [9.17, 15) is 10.1 Å². The molecule has 118 valence electrons. The largest absolute Gasteiger partial charge is 0.337 e. The highest BCUT2D eigenvalue weighted by Crippen LogP contribution is 2.28. The van der Waals surface area contributed by atoms with Crippen LogP contribution in [-0.4, -0.2) is 48.6 Å². The summed E-state index contributed by atoms with van der Waals surface area (Å²) >= 11 is 0. The number of amides is 1. The van der Waals surface area contributed by atoms with Gasteiger partial charge < -0.3 is 10.6 Å². The van der Waals surface area contributed by atoms with Gasteiger partial charge in [0.05, 0.1) is 12.6 Å². The minimum atomic E-state index is -0.594. The summed E-state index contributed by atoms with van der Waals surface area (Å²) in [4.78, 5) is 14.7. The van der Waals surface area contributed by atoms with Gasteiger partial charge in [0, 0.05) is 6.04 Å². The molecule has 1 amide bonds. The Hall–Kier alpha value is -1.12. The molecule has 2 aliphatic rings. The Morgan fingerprint density at radius 3 is 2.62 bits per heavy atom. The molecule has 0 unspecified atom stereocenters. The molecule has 1 heterocycles. The highest BCUT2D eigenvalue weighted by Gasteiger charge is 2.36. The maximum atomic E-state index is 12.4. The normalized spacial score (nSPS) is 22.1. The van der Waals surface area contributed by atoms with Crippen LogP contribution in [-0.2, 0) is 4.79 Å². The van der Waals surface area contributed by atoms with Gasteiger partial charge >= 0.3 is 0 Å². The van der Waals surface area contributed by atoms with Gasteiger partial charge in [-0.25, -0.2) is 0 Å². The molecule has 0 spiro atoms. The Kier molecular flexibility index (Phi) is 6.01. The maximum Gasteiger partial charge on any atom is 0.235 e. The van der Waals surface area contributed by atoms with Gasteiger partial charge in [-0.2, -0.15) is 5.26 Å². The van der Waals surface area contributed by atoms with E-state index >= 15 is 0 Å². The quantitative estimate of drug-likeness (QED) is 0.776. The molecule has 1 saturated carbocycles. The first-order valence-electron chi connectivity index (χ1n) is 8.36. The molecule has 5 heteroatoms. The van der Waals surface area contributed by atoms with Gasteiger partial charge in [0.2, 0.25) is 5.91 Å². The molecule has 0 radical (unpaired) electrons. The Bertz CT molecular complexity index is 378. The molecule has 1 aliphatic carbocycles. The summed E-state index contributed by atoms with van der Waals surface area (Å²) in [5.74, 6) is 0.0189. The molecule has 2 rings (SSSR count). The Morgan fingerprint density at radius 2 is 2.05 bits per heavy atom. The molecule has 1 saturated heterocycles. The highest BCUT2D eigenvalue weighted by atomic mass is 16.2. The fourth-order valence-electron chi connectivity index (χ4n) is 3.58. The predicted molar refractivity (Wildman–Crippen MR) is 82.7 cm³/mol. The van der Waals surface area contributed by atoms with E-state index in [1.54, 1.807) is 0 Å². The van der Waals surface area contributed by atoms with E-state index in [-0.39, 0.29) is 5.91 Å². The number of carbonyl (C=O) groups excluding carboxylic acids is 1. The van der Waals surface area contributed by atoms with Crippen molar-refractivity contribution in [1.82, 2.24) is 15.5 Å². The van der Waals surface area contributed by atoms with Gasteiger partial charge in [-0.05, 0) is 64.6 Å². The van der Waals surface area contributed by atoms with Crippen LogP contribution >= 0.6 is 0 Å². The van der Waals surface area contributed by atoms with Gasteiger partial charge in [-0.15, -0.1) is 0 Å². The van der Waals surface area contributed by atoms with Crippen molar-refractivity contribution in [2.45, 2.75) is 63.5 Å². The van der Waals surface area contributed by atoms with Crippen molar-refractivity contribution >= 4 is 5.91 Å². The molecule has 0 aromatic rings. The first-order valence-corrected chi connectivity index (χ1v) is 8.36. The Morgan fingerprint density at radius 1 is 1.38 bits per heavy atom. The molecule has 5 nitrogen and oxygen atoms in total. The second-order valence-corrected chi connectivity index (χ2v) is 6.40. The van der Waals surface area contributed by atoms with Crippen LogP contribution in [0.15, 0.2) is 0 Å².